The van der Waals surface area contributed by atoms with Crippen LogP contribution in [0.4, 0.5) is 0 Å². The molecule has 2 aliphatic heterocycles. The van der Waals surface area contributed by atoms with E-state index in [9.17, 15) is 8.42 Å². The summed E-state index contributed by atoms with van der Waals surface area (Å²) in [5, 5.41) is 0. The van der Waals surface area contributed by atoms with Crippen molar-refractivity contribution in [1.82, 2.24) is 4.72 Å². The highest BCUT2D eigenvalue weighted by Crippen LogP contribution is 2.40. The Morgan fingerprint density at radius 2 is 2.05 bits per heavy atom. The van der Waals surface area contributed by atoms with Crippen molar-refractivity contribution >= 4 is 10.0 Å². The lowest BCUT2D eigenvalue weighted by Gasteiger charge is -2.13. The van der Waals surface area contributed by atoms with Crippen molar-refractivity contribution in [3.63, 3.8) is 0 Å². The van der Waals surface area contributed by atoms with Gasteiger partial charge in [-0.3, -0.25) is 0 Å². The second kappa shape index (κ2) is 4.68. The van der Waals surface area contributed by atoms with E-state index in [4.69, 9.17) is 9.47 Å². The van der Waals surface area contributed by atoms with E-state index in [2.05, 4.69) is 10.8 Å². The van der Waals surface area contributed by atoms with E-state index in [1.807, 2.05) is 0 Å². The number of fused-ring (bicyclic) bond motifs is 2. The monoisotopic (exact) mass is 283 g/mol. The summed E-state index contributed by atoms with van der Waals surface area (Å²) in [6, 6.07) is 2.07. The lowest BCUT2D eigenvalue weighted by molar-refractivity contribution is 0.353. The van der Waals surface area contributed by atoms with Gasteiger partial charge in [0.25, 0.3) is 0 Å². The summed E-state index contributed by atoms with van der Waals surface area (Å²) in [7, 11) is -3.14. The van der Waals surface area contributed by atoms with Crippen LogP contribution >= 0.6 is 0 Å². The molecule has 5 nitrogen and oxygen atoms in total. The average Bonchev–Trinajstić information content (AvgIpc) is 2.93. The van der Waals surface area contributed by atoms with E-state index in [0.717, 1.165) is 29.9 Å². The van der Waals surface area contributed by atoms with Gasteiger partial charge in [-0.15, -0.1) is 0 Å². The number of ether oxygens (including phenoxy) is 2. The molecule has 1 aromatic carbocycles. The molecule has 6 heteroatoms. The summed E-state index contributed by atoms with van der Waals surface area (Å²) in [4.78, 5) is 0. The average molecular weight is 283 g/mol. The SMILES string of the molecule is CS(=O)(=O)NCCc1c2c(cc3c1OCC3)OCC2. The molecule has 0 amide bonds. The van der Waals surface area contributed by atoms with E-state index >= 15 is 0 Å². The van der Waals surface area contributed by atoms with Gasteiger partial charge in [-0.1, -0.05) is 0 Å². The number of benzene rings is 1. The van der Waals surface area contributed by atoms with Crippen LogP contribution in [0.25, 0.3) is 0 Å². The molecule has 0 aliphatic carbocycles. The maximum Gasteiger partial charge on any atom is 0.208 e. The Hall–Kier alpha value is -1.27. The smallest absolute Gasteiger partial charge is 0.208 e. The molecule has 0 radical (unpaired) electrons. The molecule has 2 aliphatic rings. The normalized spacial score (nSPS) is 16.7. The molecule has 0 bridgehead atoms. The minimum atomic E-state index is -3.14. The zero-order valence-corrected chi connectivity index (χ0v) is 11.7. The number of hydrogen-bond donors (Lipinski definition) is 1. The fraction of sp³-hybridized carbons (Fsp3) is 0.538. The Kier molecular flexibility index (Phi) is 3.14. The van der Waals surface area contributed by atoms with Crippen molar-refractivity contribution in [2.75, 3.05) is 26.0 Å². The highest BCUT2D eigenvalue weighted by molar-refractivity contribution is 7.88. The first-order chi connectivity index (χ1) is 9.04. The molecular formula is C13H17NO4S. The van der Waals surface area contributed by atoms with Gasteiger partial charge in [-0.05, 0) is 12.5 Å². The summed E-state index contributed by atoms with van der Waals surface area (Å²) >= 11 is 0. The molecule has 1 N–H and O–H groups in total. The quantitative estimate of drug-likeness (QED) is 0.881. The van der Waals surface area contributed by atoms with Gasteiger partial charge in [0.2, 0.25) is 10.0 Å². The molecule has 0 spiro atoms. The third kappa shape index (κ3) is 2.55. The molecule has 0 aromatic heterocycles. The Balaban J connectivity index is 1.88. The van der Waals surface area contributed by atoms with Crippen LogP contribution in [0.15, 0.2) is 6.07 Å². The van der Waals surface area contributed by atoms with Crippen LogP contribution < -0.4 is 14.2 Å². The molecule has 3 rings (SSSR count). The first-order valence-corrected chi connectivity index (χ1v) is 8.31. The second-order valence-electron chi connectivity index (χ2n) is 4.93. The minimum absolute atomic E-state index is 0.394. The van der Waals surface area contributed by atoms with Gasteiger partial charge in [-0.25, -0.2) is 13.1 Å². The van der Waals surface area contributed by atoms with Crippen LogP contribution in [0.5, 0.6) is 11.5 Å². The lowest BCUT2D eigenvalue weighted by atomic mass is 9.97. The number of hydrogen-bond acceptors (Lipinski definition) is 4. The van der Waals surface area contributed by atoms with Crippen LogP contribution in [0.2, 0.25) is 0 Å². The molecule has 0 atom stereocenters. The van der Waals surface area contributed by atoms with Crippen LogP contribution in [-0.4, -0.2) is 34.4 Å². The molecule has 19 heavy (non-hydrogen) atoms. The van der Waals surface area contributed by atoms with Crippen molar-refractivity contribution in [2.45, 2.75) is 19.3 Å². The summed E-state index contributed by atoms with van der Waals surface area (Å²) in [6.45, 7) is 1.79. The molecule has 0 unspecified atom stereocenters. The predicted octanol–water partition coefficient (Wildman–Crippen LogP) is 0.648. The Morgan fingerprint density at radius 1 is 1.26 bits per heavy atom. The maximum absolute atomic E-state index is 11.1. The minimum Gasteiger partial charge on any atom is -0.493 e. The Bertz CT molecular complexity index is 577. The molecule has 1 aromatic rings. The van der Waals surface area contributed by atoms with Crippen LogP contribution in [0, 0.1) is 0 Å². The summed E-state index contributed by atoms with van der Waals surface area (Å²) in [6.07, 6.45) is 3.59. The van der Waals surface area contributed by atoms with E-state index in [0.29, 0.717) is 26.2 Å². The van der Waals surface area contributed by atoms with Crippen molar-refractivity contribution in [2.24, 2.45) is 0 Å². The molecule has 104 valence electrons. The largest absolute Gasteiger partial charge is 0.493 e. The van der Waals surface area contributed by atoms with Gasteiger partial charge < -0.3 is 9.47 Å². The van der Waals surface area contributed by atoms with Gasteiger partial charge in [0.15, 0.2) is 0 Å². The molecular weight excluding hydrogens is 266 g/mol. The highest BCUT2D eigenvalue weighted by Gasteiger charge is 2.26. The number of rotatable bonds is 4. The summed E-state index contributed by atoms with van der Waals surface area (Å²) in [5.41, 5.74) is 3.46. The van der Waals surface area contributed by atoms with Crippen molar-refractivity contribution in [3.05, 3.63) is 22.8 Å². The Labute approximate surface area is 113 Å². The fourth-order valence-electron chi connectivity index (χ4n) is 2.71. The molecule has 0 saturated carbocycles. The van der Waals surface area contributed by atoms with Gasteiger partial charge in [-0.2, -0.15) is 0 Å². The summed E-state index contributed by atoms with van der Waals surface area (Å²) in [5.74, 6) is 1.89. The van der Waals surface area contributed by atoms with Crippen molar-refractivity contribution in [1.29, 1.82) is 0 Å². The first-order valence-electron chi connectivity index (χ1n) is 6.42. The molecule has 0 saturated heterocycles. The fourth-order valence-corrected chi connectivity index (χ4v) is 3.18. The van der Waals surface area contributed by atoms with Crippen LogP contribution in [0.1, 0.15) is 16.7 Å². The van der Waals surface area contributed by atoms with E-state index < -0.39 is 10.0 Å². The van der Waals surface area contributed by atoms with Gasteiger partial charge in [0.1, 0.15) is 11.5 Å². The molecule has 0 fully saturated rings. The number of sulfonamides is 1. The summed E-state index contributed by atoms with van der Waals surface area (Å²) < 4.78 is 36.1. The van der Waals surface area contributed by atoms with Gasteiger partial charge in [0.05, 0.1) is 19.5 Å². The Morgan fingerprint density at radius 3 is 2.84 bits per heavy atom. The number of nitrogens with one attached hydrogen (secondary N) is 1. The van der Waals surface area contributed by atoms with Crippen LogP contribution in [-0.2, 0) is 29.3 Å². The third-order valence-electron chi connectivity index (χ3n) is 3.50. The van der Waals surface area contributed by atoms with Crippen molar-refractivity contribution in [3.8, 4) is 11.5 Å². The highest BCUT2D eigenvalue weighted by atomic mass is 32.2. The van der Waals surface area contributed by atoms with E-state index in [-0.39, 0.29) is 0 Å². The van der Waals surface area contributed by atoms with Crippen LogP contribution in [0.3, 0.4) is 0 Å². The van der Waals surface area contributed by atoms with Gasteiger partial charge >= 0.3 is 0 Å². The zero-order valence-electron chi connectivity index (χ0n) is 10.9. The van der Waals surface area contributed by atoms with E-state index in [1.165, 1.54) is 17.4 Å². The lowest BCUT2D eigenvalue weighted by Crippen LogP contribution is -2.24. The molecule has 2 heterocycles. The first kappa shape index (κ1) is 12.7. The van der Waals surface area contributed by atoms with Gasteiger partial charge in [0, 0.05) is 36.1 Å². The second-order valence-corrected chi connectivity index (χ2v) is 6.77. The predicted molar refractivity (Wildman–Crippen MR) is 71.4 cm³/mol. The van der Waals surface area contributed by atoms with E-state index in [1.54, 1.807) is 0 Å². The standard InChI is InChI=1S/C13H17NO4S/c1-19(15,16)14-5-2-11-10-4-7-17-12(10)8-9-3-6-18-13(9)11/h8,14H,2-7H2,1H3. The topological polar surface area (TPSA) is 64.6 Å². The van der Waals surface area contributed by atoms with Crippen molar-refractivity contribution < 1.29 is 17.9 Å². The third-order valence-corrected chi connectivity index (χ3v) is 4.23. The maximum atomic E-state index is 11.1. The zero-order chi connectivity index (χ0) is 13.5.